The molecule has 0 unspecified atom stereocenters. The second kappa shape index (κ2) is 5.58. The van der Waals surface area contributed by atoms with Gasteiger partial charge < -0.3 is 9.36 Å². The Morgan fingerprint density at radius 1 is 1.57 bits per heavy atom. The van der Waals surface area contributed by atoms with Crippen LogP contribution in [0.25, 0.3) is 0 Å². The van der Waals surface area contributed by atoms with Crippen LogP contribution in [0.1, 0.15) is 38.9 Å². The topological polar surface area (TPSA) is 34.9 Å². The molecule has 0 bridgehead atoms. The quantitative estimate of drug-likeness (QED) is 0.696. The van der Waals surface area contributed by atoms with Gasteiger partial charge in [0.05, 0.1) is 0 Å². The summed E-state index contributed by atoms with van der Waals surface area (Å²) in [4.78, 5) is 15.0. The first-order valence-electron chi connectivity index (χ1n) is 5.23. The maximum atomic E-state index is 10.8. The van der Waals surface area contributed by atoms with Crippen molar-refractivity contribution in [3.63, 3.8) is 0 Å². The van der Waals surface area contributed by atoms with Crippen molar-refractivity contribution in [1.29, 1.82) is 0 Å². The van der Waals surface area contributed by atoms with Gasteiger partial charge in [0.1, 0.15) is 11.6 Å². The molecule has 0 spiro atoms. The molecular formula is C11H18N2O. The Balaban J connectivity index is 2.41. The van der Waals surface area contributed by atoms with Crippen molar-refractivity contribution in [2.75, 3.05) is 0 Å². The Labute approximate surface area is 85.2 Å². The van der Waals surface area contributed by atoms with Crippen LogP contribution in [-0.2, 0) is 17.8 Å². The predicted octanol–water partition coefficient (Wildman–Crippen LogP) is 2.20. The summed E-state index contributed by atoms with van der Waals surface area (Å²) in [5, 5.41) is 0. The average Bonchev–Trinajstić information content (AvgIpc) is 2.53. The molecule has 1 heterocycles. The van der Waals surface area contributed by atoms with Gasteiger partial charge in [-0.25, -0.2) is 4.98 Å². The van der Waals surface area contributed by atoms with E-state index < -0.39 is 0 Å². The summed E-state index contributed by atoms with van der Waals surface area (Å²) in [5.41, 5.74) is 0. The van der Waals surface area contributed by atoms with Crippen molar-refractivity contribution in [3.05, 3.63) is 18.2 Å². The third-order valence-electron chi connectivity index (χ3n) is 2.20. The number of nitrogens with zero attached hydrogens (tertiary/aromatic N) is 2. The molecule has 3 nitrogen and oxygen atoms in total. The predicted molar refractivity (Wildman–Crippen MR) is 56.1 cm³/mol. The highest BCUT2D eigenvalue weighted by Gasteiger charge is 2.01. The summed E-state index contributed by atoms with van der Waals surface area (Å²) in [6, 6.07) is 0. The van der Waals surface area contributed by atoms with Crippen LogP contribution in [0, 0.1) is 0 Å². The summed E-state index contributed by atoms with van der Waals surface area (Å²) in [7, 11) is 0. The summed E-state index contributed by atoms with van der Waals surface area (Å²) in [5.74, 6) is 1.40. The molecule has 0 aliphatic heterocycles. The van der Waals surface area contributed by atoms with Gasteiger partial charge in [-0.2, -0.15) is 0 Å². The Morgan fingerprint density at radius 2 is 2.36 bits per heavy atom. The second-order valence-corrected chi connectivity index (χ2v) is 3.59. The van der Waals surface area contributed by atoms with Gasteiger partial charge in [0, 0.05) is 31.8 Å². The zero-order valence-electron chi connectivity index (χ0n) is 8.99. The molecule has 0 aliphatic carbocycles. The van der Waals surface area contributed by atoms with Crippen LogP contribution in [0.4, 0.5) is 0 Å². The molecule has 0 amide bonds. The lowest BCUT2D eigenvalue weighted by molar-refractivity contribution is -0.117. The lowest BCUT2D eigenvalue weighted by Gasteiger charge is -2.05. The minimum absolute atomic E-state index is 0.266. The number of hydrogen-bond acceptors (Lipinski definition) is 2. The monoisotopic (exact) mass is 194 g/mol. The van der Waals surface area contributed by atoms with Crippen LogP contribution in [-0.4, -0.2) is 15.3 Å². The van der Waals surface area contributed by atoms with E-state index in [4.69, 9.17) is 0 Å². The number of imidazole rings is 1. The van der Waals surface area contributed by atoms with Crippen molar-refractivity contribution in [2.45, 2.75) is 46.1 Å². The first kappa shape index (κ1) is 11.0. The van der Waals surface area contributed by atoms with Gasteiger partial charge in [0.15, 0.2) is 0 Å². The fourth-order valence-electron chi connectivity index (χ4n) is 1.49. The van der Waals surface area contributed by atoms with Gasteiger partial charge in [-0.15, -0.1) is 0 Å². The Bertz CT molecular complexity index is 291. The zero-order valence-corrected chi connectivity index (χ0v) is 8.99. The number of carbonyl (C=O) groups is 1. The molecule has 0 aliphatic rings. The number of aryl methyl sites for hydroxylation is 2. The minimum Gasteiger partial charge on any atom is -0.335 e. The highest BCUT2D eigenvalue weighted by Crippen LogP contribution is 2.04. The van der Waals surface area contributed by atoms with E-state index >= 15 is 0 Å². The number of ketones is 1. The SMILES string of the molecule is CCCc1nccn1CCCC(C)=O. The average molecular weight is 194 g/mol. The molecule has 1 aromatic rings. The molecule has 0 radical (unpaired) electrons. The summed E-state index contributed by atoms with van der Waals surface area (Å²) in [6.07, 6.45) is 7.55. The van der Waals surface area contributed by atoms with Crippen LogP contribution in [0.2, 0.25) is 0 Å². The van der Waals surface area contributed by atoms with Crippen LogP contribution >= 0.6 is 0 Å². The van der Waals surface area contributed by atoms with E-state index in [1.54, 1.807) is 6.92 Å². The molecule has 78 valence electrons. The van der Waals surface area contributed by atoms with Crippen LogP contribution in [0.3, 0.4) is 0 Å². The maximum Gasteiger partial charge on any atom is 0.129 e. The van der Waals surface area contributed by atoms with Crippen LogP contribution < -0.4 is 0 Å². The number of Topliss-reactive ketones (excluding diaryl/α,β-unsaturated/α-hetero) is 1. The smallest absolute Gasteiger partial charge is 0.129 e. The highest BCUT2D eigenvalue weighted by molar-refractivity contribution is 5.75. The van der Waals surface area contributed by atoms with Gasteiger partial charge in [0.25, 0.3) is 0 Å². The van der Waals surface area contributed by atoms with Crippen molar-refractivity contribution in [2.24, 2.45) is 0 Å². The molecule has 0 fully saturated rings. The van der Waals surface area contributed by atoms with E-state index in [1.165, 1.54) is 0 Å². The fourth-order valence-corrected chi connectivity index (χ4v) is 1.49. The molecule has 1 rings (SSSR count). The van der Waals surface area contributed by atoms with E-state index in [0.29, 0.717) is 6.42 Å². The standard InChI is InChI=1S/C11H18N2O/c1-3-5-11-12-7-9-13(11)8-4-6-10(2)14/h7,9H,3-6,8H2,1-2H3. The van der Waals surface area contributed by atoms with E-state index in [2.05, 4.69) is 16.5 Å². The summed E-state index contributed by atoms with van der Waals surface area (Å²) < 4.78 is 2.15. The number of carbonyl (C=O) groups excluding carboxylic acids is 1. The lowest BCUT2D eigenvalue weighted by Crippen LogP contribution is -2.04. The molecule has 0 aromatic carbocycles. The van der Waals surface area contributed by atoms with Gasteiger partial charge >= 0.3 is 0 Å². The molecular weight excluding hydrogens is 176 g/mol. The lowest BCUT2D eigenvalue weighted by atomic mass is 10.2. The minimum atomic E-state index is 0.266. The number of hydrogen-bond donors (Lipinski definition) is 0. The third-order valence-corrected chi connectivity index (χ3v) is 2.20. The molecule has 0 saturated heterocycles. The van der Waals surface area contributed by atoms with Crippen LogP contribution in [0.5, 0.6) is 0 Å². The van der Waals surface area contributed by atoms with E-state index in [0.717, 1.165) is 31.6 Å². The Morgan fingerprint density at radius 3 is 3.00 bits per heavy atom. The molecule has 1 aromatic heterocycles. The van der Waals surface area contributed by atoms with Gasteiger partial charge in [-0.3, -0.25) is 0 Å². The van der Waals surface area contributed by atoms with Crippen molar-refractivity contribution in [3.8, 4) is 0 Å². The first-order chi connectivity index (χ1) is 6.74. The van der Waals surface area contributed by atoms with Crippen molar-refractivity contribution >= 4 is 5.78 Å². The van der Waals surface area contributed by atoms with Crippen molar-refractivity contribution < 1.29 is 4.79 Å². The molecule has 0 N–H and O–H groups in total. The van der Waals surface area contributed by atoms with Gasteiger partial charge in [-0.1, -0.05) is 6.92 Å². The van der Waals surface area contributed by atoms with E-state index in [1.807, 2.05) is 12.4 Å². The Hall–Kier alpha value is -1.12. The largest absolute Gasteiger partial charge is 0.335 e. The van der Waals surface area contributed by atoms with E-state index in [9.17, 15) is 4.79 Å². The van der Waals surface area contributed by atoms with Gasteiger partial charge in [0.2, 0.25) is 0 Å². The second-order valence-electron chi connectivity index (χ2n) is 3.59. The molecule has 14 heavy (non-hydrogen) atoms. The zero-order chi connectivity index (χ0) is 10.4. The Kier molecular flexibility index (Phi) is 4.36. The first-order valence-corrected chi connectivity index (χ1v) is 5.23. The van der Waals surface area contributed by atoms with Gasteiger partial charge in [-0.05, 0) is 19.8 Å². The summed E-state index contributed by atoms with van der Waals surface area (Å²) >= 11 is 0. The molecule has 3 heteroatoms. The highest BCUT2D eigenvalue weighted by atomic mass is 16.1. The van der Waals surface area contributed by atoms with Crippen molar-refractivity contribution in [1.82, 2.24) is 9.55 Å². The summed E-state index contributed by atoms with van der Waals surface area (Å²) in [6.45, 7) is 4.70. The maximum absolute atomic E-state index is 10.8. The fraction of sp³-hybridized carbons (Fsp3) is 0.636. The van der Waals surface area contributed by atoms with Crippen LogP contribution in [0.15, 0.2) is 12.4 Å². The molecule has 0 atom stereocenters. The van der Waals surface area contributed by atoms with E-state index in [-0.39, 0.29) is 5.78 Å². The number of rotatable bonds is 6. The normalized spacial score (nSPS) is 10.4. The third kappa shape index (κ3) is 3.32. The molecule has 0 saturated carbocycles. The number of aromatic nitrogens is 2.